The molecule has 37 heavy (non-hydrogen) atoms. The minimum Gasteiger partial charge on any atom is -0.444 e. The second kappa shape index (κ2) is 10.1. The summed E-state index contributed by atoms with van der Waals surface area (Å²) in [5.74, 6) is 2.69. The average molecular weight is 568 g/mol. The third kappa shape index (κ3) is 6.01. The number of nitrogens with one attached hydrogen (secondary N) is 3. The fraction of sp³-hybridized carbons (Fsp3) is 0.571. The molecule has 5 atom stereocenters. The van der Waals surface area contributed by atoms with Crippen molar-refractivity contribution in [3.05, 3.63) is 46.1 Å². The summed E-state index contributed by atoms with van der Waals surface area (Å²) >= 11 is 3.50. The van der Waals surface area contributed by atoms with Gasteiger partial charge in [-0.15, -0.1) is 0 Å². The average Bonchev–Trinajstić information content (AvgIpc) is 2.82. The van der Waals surface area contributed by atoms with Crippen molar-refractivity contribution < 1.29 is 9.53 Å². The zero-order valence-corrected chi connectivity index (χ0v) is 23.3. The molecule has 1 heterocycles. The number of carbonyl (C=O) groups is 1. The topological polar surface area (TPSA) is 112 Å². The highest BCUT2D eigenvalue weighted by molar-refractivity contribution is 9.10. The number of aromatic nitrogens is 2. The highest BCUT2D eigenvalue weighted by atomic mass is 79.9. The number of ether oxygens (including phenoxy) is 1. The Labute approximate surface area is 227 Å². The maximum absolute atomic E-state index is 12.5. The first-order valence-electron chi connectivity index (χ1n) is 13.1. The molecule has 3 N–H and O–H groups in total. The number of benzene rings is 1. The van der Waals surface area contributed by atoms with Gasteiger partial charge in [-0.1, -0.05) is 28.1 Å². The largest absolute Gasteiger partial charge is 0.444 e. The summed E-state index contributed by atoms with van der Waals surface area (Å²) in [6.45, 7) is 7.05. The van der Waals surface area contributed by atoms with Gasteiger partial charge in [0.1, 0.15) is 23.1 Å². The van der Waals surface area contributed by atoms with Crippen LogP contribution in [0.5, 0.6) is 0 Å². The number of rotatable bonds is 7. The van der Waals surface area contributed by atoms with Gasteiger partial charge < -0.3 is 20.7 Å². The van der Waals surface area contributed by atoms with Crippen molar-refractivity contribution in [3.8, 4) is 6.07 Å². The summed E-state index contributed by atoms with van der Waals surface area (Å²) in [7, 11) is 0. The van der Waals surface area contributed by atoms with E-state index in [9.17, 15) is 10.1 Å². The molecule has 9 heteroatoms. The first-order valence-corrected chi connectivity index (χ1v) is 13.9. The van der Waals surface area contributed by atoms with Crippen molar-refractivity contribution in [3.63, 3.8) is 0 Å². The number of amides is 1. The lowest BCUT2D eigenvalue weighted by Crippen LogP contribution is -2.60. The van der Waals surface area contributed by atoms with E-state index >= 15 is 0 Å². The molecular formula is C28H35BrN6O2. The summed E-state index contributed by atoms with van der Waals surface area (Å²) in [5, 5.41) is 19.7. The Balaban J connectivity index is 1.24. The number of nitrogens with zero attached hydrogens (tertiary/aromatic N) is 3. The number of halogens is 1. The number of hydrogen-bond acceptors (Lipinski definition) is 7. The van der Waals surface area contributed by atoms with Crippen LogP contribution in [0.25, 0.3) is 0 Å². The third-order valence-electron chi connectivity index (χ3n) is 7.96. The molecule has 4 fully saturated rings. The van der Waals surface area contributed by atoms with Crippen LogP contribution in [0.15, 0.2) is 34.9 Å². The van der Waals surface area contributed by atoms with Crippen molar-refractivity contribution in [2.45, 2.75) is 71.1 Å². The van der Waals surface area contributed by atoms with E-state index < -0.39 is 5.60 Å². The van der Waals surface area contributed by atoms with Gasteiger partial charge in [0.2, 0.25) is 5.95 Å². The summed E-state index contributed by atoms with van der Waals surface area (Å²) in [6.07, 6.45) is 6.92. The van der Waals surface area contributed by atoms with Crippen molar-refractivity contribution >= 4 is 33.8 Å². The van der Waals surface area contributed by atoms with E-state index in [4.69, 9.17) is 4.74 Å². The van der Waals surface area contributed by atoms with Gasteiger partial charge in [0, 0.05) is 23.6 Å². The van der Waals surface area contributed by atoms with E-state index in [1.54, 1.807) is 6.20 Å². The van der Waals surface area contributed by atoms with Gasteiger partial charge in [0.15, 0.2) is 0 Å². The van der Waals surface area contributed by atoms with Crippen molar-refractivity contribution in [2.75, 3.05) is 17.2 Å². The Kier molecular flexibility index (Phi) is 7.06. The van der Waals surface area contributed by atoms with Gasteiger partial charge in [-0.25, -0.2) is 9.78 Å². The van der Waals surface area contributed by atoms with Crippen LogP contribution < -0.4 is 16.0 Å². The van der Waals surface area contributed by atoms with E-state index in [-0.39, 0.29) is 17.6 Å². The molecule has 4 aliphatic rings. The maximum Gasteiger partial charge on any atom is 0.407 e. The Morgan fingerprint density at radius 3 is 2.65 bits per heavy atom. The van der Waals surface area contributed by atoms with Crippen LogP contribution in [0.4, 0.5) is 16.6 Å². The van der Waals surface area contributed by atoms with Gasteiger partial charge in [0.25, 0.3) is 0 Å². The smallest absolute Gasteiger partial charge is 0.407 e. The molecular weight excluding hydrogens is 532 g/mol. The van der Waals surface area contributed by atoms with Gasteiger partial charge in [-0.05, 0) is 93.7 Å². The molecule has 6 rings (SSSR count). The molecule has 3 unspecified atom stereocenters. The monoisotopic (exact) mass is 566 g/mol. The summed E-state index contributed by atoms with van der Waals surface area (Å²) in [6, 6.07) is 10.5. The molecule has 0 saturated heterocycles. The highest BCUT2D eigenvalue weighted by Gasteiger charge is 2.55. The molecule has 4 aliphatic carbocycles. The second-order valence-corrected chi connectivity index (χ2v) is 13.0. The zero-order chi connectivity index (χ0) is 26.2. The second-order valence-electron chi connectivity index (χ2n) is 12.0. The number of nitriles is 1. The number of hydrogen-bond donors (Lipinski definition) is 3. The van der Waals surface area contributed by atoms with Crippen molar-refractivity contribution in [1.29, 1.82) is 5.26 Å². The lowest BCUT2D eigenvalue weighted by molar-refractivity contribution is -0.0703. The van der Waals surface area contributed by atoms with E-state index in [0.717, 1.165) is 29.4 Å². The quantitative estimate of drug-likeness (QED) is 0.385. The molecule has 0 radical (unpaired) electrons. The molecule has 4 saturated carbocycles. The minimum atomic E-state index is -0.497. The number of alkyl carbamates (subject to hydrolysis) is 1. The third-order valence-corrected chi connectivity index (χ3v) is 8.46. The molecule has 0 aliphatic heterocycles. The highest BCUT2D eigenvalue weighted by Crippen LogP contribution is 2.60. The Morgan fingerprint density at radius 1 is 1.22 bits per heavy atom. The van der Waals surface area contributed by atoms with E-state index in [2.05, 4.69) is 47.9 Å². The van der Waals surface area contributed by atoms with Crippen LogP contribution in [-0.4, -0.2) is 34.2 Å². The SMILES string of the molecule is CC(C)(C)OC(=O)NC1[C@@H]2CC3C[C@H]1CC(CNc1nc(NCc4cccc(Br)c4)ncc1C#N)(C3)C2. The summed E-state index contributed by atoms with van der Waals surface area (Å²) in [4.78, 5) is 21.5. The minimum absolute atomic E-state index is 0.157. The predicted octanol–water partition coefficient (Wildman–Crippen LogP) is 5.85. The van der Waals surface area contributed by atoms with Gasteiger partial charge >= 0.3 is 6.09 Å². The maximum atomic E-state index is 12.5. The zero-order valence-electron chi connectivity index (χ0n) is 21.7. The summed E-state index contributed by atoms with van der Waals surface area (Å²) < 4.78 is 6.57. The van der Waals surface area contributed by atoms with E-state index in [1.165, 1.54) is 19.3 Å². The lowest BCUT2D eigenvalue weighted by Gasteiger charge is -2.60. The van der Waals surface area contributed by atoms with Crippen LogP contribution in [0.2, 0.25) is 0 Å². The molecule has 1 aromatic carbocycles. The predicted molar refractivity (Wildman–Crippen MR) is 146 cm³/mol. The lowest BCUT2D eigenvalue weighted by atomic mass is 9.48. The van der Waals surface area contributed by atoms with E-state index in [0.29, 0.717) is 41.6 Å². The van der Waals surface area contributed by atoms with Crippen LogP contribution >= 0.6 is 15.9 Å². The first kappa shape index (κ1) is 25.8. The van der Waals surface area contributed by atoms with Crippen molar-refractivity contribution in [2.24, 2.45) is 23.2 Å². The molecule has 2 aromatic rings. The normalized spacial score (nSPS) is 27.9. The molecule has 1 aromatic heterocycles. The van der Waals surface area contributed by atoms with Gasteiger partial charge in [-0.2, -0.15) is 10.2 Å². The van der Waals surface area contributed by atoms with Crippen molar-refractivity contribution in [1.82, 2.24) is 15.3 Å². The van der Waals surface area contributed by atoms with E-state index in [1.807, 2.05) is 45.0 Å². The molecule has 1 amide bonds. The molecule has 4 bridgehead atoms. The van der Waals surface area contributed by atoms with Crippen LogP contribution in [0.1, 0.15) is 64.0 Å². The Morgan fingerprint density at radius 2 is 1.97 bits per heavy atom. The number of carbonyl (C=O) groups excluding carboxylic acids is 1. The summed E-state index contributed by atoms with van der Waals surface area (Å²) in [5.41, 5.74) is 1.22. The standard InChI is InChI=1S/C28H35BrN6O2/c1-27(2,3)37-26(36)34-23-19-7-18-8-20(23)12-28(10-18,11-19)16-33-24-21(13-30)15-32-25(35-24)31-14-17-5-4-6-22(29)9-17/h4-6,9,15,18-20,23H,7-8,10-12,14,16H2,1-3H3,(H,34,36)(H2,31,32,33,35)/t18?,19-,20+,23?,28?. The fourth-order valence-corrected chi connectivity index (χ4v) is 7.32. The molecule has 196 valence electrons. The van der Waals surface area contributed by atoms with Gasteiger partial charge in [0.05, 0.1) is 6.20 Å². The Bertz CT molecular complexity index is 1190. The Hall–Kier alpha value is -2.86. The first-order chi connectivity index (χ1) is 17.6. The fourth-order valence-electron chi connectivity index (χ4n) is 6.87. The van der Waals surface area contributed by atoms with Gasteiger partial charge in [-0.3, -0.25) is 0 Å². The molecule has 8 nitrogen and oxygen atoms in total. The van der Waals surface area contributed by atoms with Crippen LogP contribution in [-0.2, 0) is 11.3 Å². The van der Waals surface area contributed by atoms with Crippen LogP contribution in [0, 0.1) is 34.5 Å². The van der Waals surface area contributed by atoms with Crippen LogP contribution in [0.3, 0.4) is 0 Å². The number of anilines is 2. The molecule has 0 spiro atoms.